The van der Waals surface area contributed by atoms with Gasteiger partial charge in [0.25, 0.3) is 0 Å². The zero-order valence-corrected chi connectivity index (χ0v) is 12.6. The summed E-state index contributed by atoms with van der Waals surface area (Å²) in [6.07, 6.45) is 0.794. The van der Waals surface area contributed by atoms with Crippen LogP contribution in [0.2, 0.25) is 0 Å². The van der Waals surface area contributed by atoms with Gasteiger partial charge in [0, 0.05) is 5.39 Å². The highest BCUT2D eigenvalue weighted by Gasteiger charge is 2.19. The summed E-state index contributed by atoms with van der Waals surface area (Å²) >= 11 is 0. The minimum Gasteiger partial charge on any atom is -0.320 e. The molecular formula is C16H18FN5. The van der Waals surface area contributed by atoms with Crippen molar-refractivity contribution in [3.8, 4) is 0 Å². The molecule has 0 amide bonds. The highest BCUT2D eigenvalue weighted by molar-refractivity contribution is 5.86. The van der Waals surface area contributed by atoms with Crippen molar-refractivity contribution in [2.24, 2.45) is 0 Å². The first kappa shape index (κ1) is 14.6. The summed E-state index contributed by atoms with van der Waals surface area (Å²) in [5, 5.41) is 17.1. The molecule has 0 saturated carbocycles. The van der Waals surface area contributed by atoms with Crippen LogP contribution in [-0.4, -0.2) is 33.8 Å². The number of benzene rings is 2. The van der Waals surface area contributed by atoms with Crippen LogP contribution in [0.1, 0.15) is 23.9 Å². The highest BCUT2D eigenvalue weighted by atomic mass is 19.1. The maximum absolute atomic E-state index is 14.0. The molecular weight excluding hydrogens is 281 g/mol. The molecule has 1 unspecified atom stereocenters. The van der Waals surface area contributed by atoms with E-state index in [-0.39, 0.29) is 11.9 Å². The van der Waals surface area contributed by atoms with E-state index in [1.165, 1.54) is 6.07 Å². The van der Waals surface area contributed by atoms with E-state index in [2.05, 4.69) is 20.7 Å². The summed E-state index contributed by atoms with van der Waals surface area (Å²) in [6.45, 7) is 2.61. The summed E-state index contributed by atoms with van der Waals surface area (Å²) in [7, 11) is 1.90. The zero-order valence-electron chi connectivity index (χ0n) is 12.6. The number of aromatic nitrogens is 4. The second kappa shape index (κ2) is 6.19. The Morgan fingerprint density at radius 1 is 1.18 bits per heavy atom. The van der Waals surface area contributed by atoms with E-state index in [4.69, 9.17) is 0 Å². The van der Waals surface area contributed by atoms with E-state index in [1.54, 1.807) is 17.8 Å². The predicted molar refractivity (Wildman–Crippen MR) is 83.1 cm³/mol. The molecule has 0 spiro atoms. The molecule has 0 saturated heterocycles. The standard InChI is InChI=1S/C16H18FN5/c1-11-19-21-22(20-11)16(9-10-18-2)14-7-8-15(17)13-6-4-3-5-12(13)14/h3-8,16,18H,9-10H2,1-2H3. The van der Waals surface area contributed by atoms with E-state index in [9.17, 15) is 4.39 Å². The van der Waals surface area contributed by atoms with Crippen molar-refractivity contribution in [2.45, 2.75) is 19.4 Å². The SMILES string of the molecule is CNCCC(c1ccc(F)c2ccccc12)n1nnc(C)n1. The molecule has 0 bridgehead atoms. The Hall–Kier alpha value is -2.34. The lowest BCUT2D eigenvalue weighted by atomic mass is 9.96. The van der Waals surface area contributed by atoms with Crippen LogP contribution in [0.5, 0.6) is 0 Å². The average molecular weight is 299 g/mol. The minimum atomic E-state index is -0.213. The van der Waals surface area contributed by atoms with E-state index in [0.717, 1.165) is 23.9 Å². The van der Waals surface area contributed by atoms with Crippen molar-refractivity contribution < 1.29 is 4.39 Å². The Bertz CT molecular complexity index is 783. The van der Waals surface area contributed by atoms with E-state index < -0.39 is 0 Å². The number of nitrogens with zero attached hydrogens (tertiary/aromatic N) is 4. The van der Waals surface area contributed by atoms with E-state index in [1.807, 2.05) is 31.3 Å². The van der Waals surface area contributed by atoms with Gasteiger partial charge in [0.15, 0.2) is 5.82 Å². The predicted octanol–water partition coefficient (Wildman–Crippen LogP) is 2.47. The van der Waals surface area contributed by atoms with E-state index >= 15 is 0 Å². The van der Waals surface area contributed by atoms with Gasteiger partial charge < -0.3 is 5.32 Å². The Kier molecular flexibility index (Phi) is 4.11. The first-order chi connectivity index (χ1) is 10.7. The smallest absolute Gasteiger partial charge is 0.171 e. The van der Waals surface area contributed by atoms with Gasteiger partial charge in [0.05, 0.1) is 0 Å². The monoisotopic (exact) mass is 299 g/mol. The number of hydrogen-bond acceptors (Lipinski definition) is 4. The van der Waals surface area contributed by atoms with Crippen LogP contribution >= 0.6 is 0 Å². The molecule has 1 atom stereocenters. The summed E-state index contributed by atoms with van der Waals surface area (Å²) in [5.41, 5.74) is 1.00. The molecule has 1 N–H and O–H groups in total. The van der Waals surface area contributed by atoms with Gasteiger partial charge in [0.2, 0.25) is 0 Å². The van der Waals surface area contributed by atoms with Crippen molar-refractivity contribution in [3.05, 3.63) is 53.6 Å². The molecule has 0 aliphatic heterocycles. The molecule has 0 fully saturated rings. The molecule has 0 aliphatic carbocycles. The van der Waals surface area contributed by atoms with Crippen molar-refractivity contribution in [1.82, 2.24) is 25.5 Å². The van der Waals surface area contributed by atoms with Crippen LogP contribution in [0.4, 0.5) is 4.39 Å². The summed E-state index contributed by atoms with van der Waals surface area (Å²) < 4.78 is 14.0. The molecule has 114 valence electrons. The van der Waals surface area contributed by atoms with Gasteiger partial charge in [-0.1, -0.05) is 30.3 Å². The van der Waals surface area contributed by atoms with Gasteiger partial charge in [-0.05, 0) is 49.2 Å². The Morgan fingerprint density at radius 3 is 2.64 bits per heavy atom. The number of hydrogen-bond donors (Lipinski definition) is 1. The van der Waals surface area contributed by atoms with Crippen LogP contribution in [0, 0.1) is 12.7 Å². The van der Waals surface area contributed by atoms with Gasteiger partial charge in [-0.2, -0.15) is 4.80 Å². The summed E-state index contributed by atoms with van der Waals surface area (Å²) in [4.78, 5) is 1.62. The van der Waals surface area contributed by atoms with Crippen LogP contribution < -0.4 is 5.32 Å². The first-order valence-electron chi connectivity index (χ1n) is 7.28. The quantitative estimate of drug-likeness (QED) is 0.786. The van der Waals surface area contributed by atoms with Crippen LogP contribution in [0.15, 0.2) is 36.4 Å². The van der Waals surface area contributed by atoms with Crippen LogP contribution in [-0.2, 0) is 0 Å². The topological polar surface area (TPSA) is 55.6 Å². The normalized spacial score (nSPS) is 12.7. The molecule has 2 aromatic carbocycles. The molecule has 22 heavy (non-hydrogen) atoms. The number of halogens is 1. The molecule has 1 aromatic heterocycles. The van der Waals surface area contributed by atoms with Gasteiger partial charge in [0.1, 0.15) is 11.9 Å². The van der Waals surface area contributed by atoms with Crippen molar-refractivity contribution in [3.63, 3.8) is 0 Å². The highest BCUT2D eigenvalue weighted by Crippen LogP contribution is 2.29. The number of nitrogens with one attached hydrogen (secondary N) is 1. The fraction of sp³-hybridized carbons (Fsp3) is 0.312. The van der Waals surface area contributed by atoms with Crippen molar-refractivity contribution in [2.75, 3.05) is 13.6 Å². The molecule has 5 nitrogen and oxygen atoms in total. The second-order valence-electron chi connectivity index (χ2n) is 5.25. The molecule has 6 heteroatoms. The molecule has 3 aromatic rings. The maximum atomic E-state index is 14.0. The fourth-order valence-corrected chi connectivity index (χ4v) is 2.68. The number of aryl methyl sites for hydroxylation is 1. The lowest BCUT2D eigenvalue weighted by molar-refractivity contribution is 0.423. The number of rotatable bonds is 5. The lowest BCUT2D eigenvalue weighted by Crippen LogP contribution is -2.20. The zero-order chi connectivity index (χ0) is 15.5. The fourth-order valence-electron chi connectivity index (χ4n) is 2.68. The molecule has 1 heterocycles. The van der Waals surface area contributed by atoms with E-state index in [0.29, 0.717) is 11.2 Å². The molecule has 0 radical (unpaired) electrons. The van der Waals surface area contributed by atoms with Crippen molar-refractivity contribution in [1.29, 1.82) is 0 Å². The maximum Gasteiger partial charge on any atom is 0.171 e. The molecule has 3 rings (SSSR count). The third kappa shape index (κ3) is 2.69. The van der Waals surface area contributed by atoms with Gasteiger partial charge >= 0.3 is 0 Å². The number of tetrazole rings is 1. The minimum absolute atomic E-state index is 0.0841. The second-order valence-corrected chi connectivity index (χ2v) is 5.25. The van der Waals surface area contributed by atoms with Crippen LogP contribution in [0.25, 0.3) is 10.8 Å². The lowest BCUT2D eigenvalue weighted by Gasteiger charge is -2.18. The Labute approximate surface area is 128 Å². The largest absolute Gasteiger partial charge is 0.320 e. The van der Waals surface area contributed by atoms with Crippen molar-refractivity contribution >= 4 is 10.8 Å². The summed E-state index contributed by atoms with van der Waals surface area (Å²) in [6, 6.07) is 10.7. The van der Waals surface area contributed by atoms with Gasteiger partial charge in [-0.25, -0.2) is 4.39 Å². The Balaban J connectivity index is 2.13. The third-order valence-corrected chi connectivity index (χ3v) is 3.74. The third-order valence-electron chi connectivity index (χ3n) is 3.74. The van der Waals surface area contributed by atoms with Gasteiger partial charge in [-0.3, -0.25) is 0 Å². The summed E-state index contributed by atoms with van der Waals surface area (Å²) in [5.74, 6) is 0.412. The average Bonchev–Trinajstić information content (AvgIpc) is 2.96. The van der Waals surface area contributed by atoms with Gasteiger partial charge in [-0.15, -0.1) is 10.2 Å². The first-order valence-corrected chi connectivity index (χ1v) is 7.28. The Morgan fingerprint density at radius 2 is 1.95 bits per heavy atom. The number of fused-ring (bicyclic) bond motifs is 1. The molecule has 0 aliphatic rings. The van der Waals surface area contributed by atoms with Crippen LogP contribution in [0.3, 0.4) is 0 Å².